The molecular weight excluding hydrogens is 400 g/mol. The second-order valence-corrected chi connectivity index (χ2v) is 8.00. The minimum atomic E-state index is -5.07. The first-order valence-electron chi connectivity index (χ1n) is 7.28. The molecule has 0 fully saturated rings. The molecule has 1 aromatic carbocycles. The second kappa shape index (κ2) is 7.75. The van der Waals surface area contributed by atoms with E-state index >= 15 is 0 Å². The zero-order valence-electron chi connectivity index (χ0n) is 14.3. The number of anilines is 1. The summed E-state index contributed by atoms with van der Waals surface area (Å²) in [6.45, 7) is 2.98. The smallest absolute Gasteiger partial charge is 0.342 e. The molecule has 5 nitrogen and oxygen atoms in total. The molecule has 27 heavy (non-hydrogen) atoms. The fraction of sp³-hybridized carbons (Fsp3) is 0.467. The van der Waals surface area contributed by atoms with Crippen LogP contribution in [-0.2, 0) is 22.2 Å². The van der Waals surface area contributed by atoms with Crippen molar-refractivity contribution in [2.75, 3.05) is 11.6 Å². The first-order chi connectivity index (χ1) is 12.1. The highest BCUT2D eigenvalue weighted by Crippen LogP contribution is 2.37. The number of halogens is 6. The van der Waals surface area contributed by atoms with Gasteiger partial charge in [0.1, 0.15) is 5.84 Å². The van der Waals surface area contributed by atoms with E-state index in [1.165, 1.54) is 19.9 Å². The lowest BCUT2D eigenvalue weighted by molar-refractivity contribution is -0.143. The molecule has 12 heteroatoms. The minimum Gasteiger partial charge on any atom is -0.342 e. The average Bonchev–Trinajstić information content (AvgIpc) is 2.43. The highest BCUT2D eigenvalue weighted by atomic mass is 32.2. The van der Waals surface area contributed by atoms with Gasteiger partial charge >= 0.3 is 12.4 Å². The SMILES string of the molecule is CC(C)N=C(Nc1cc(C(F)(F)F)cc(C(F)(F)F)c1)C(C#N)S(C)(=O)=O. The normalized spacial score (nSPS) is 14.8. The number of alkyl halides is 6. The van der Waals surface area contributed by atoms with Gasteiger partial charge in [-0.15, -0.1) is 0 Å². The Morgan fingerprint density at radius 1 is 1.07 bits per heavy atom. The molecule has 1 aromatic rings. The van der Waals surface area contributed by atoms with Crippen molar-refractivity contribution < 1.29 is 34.8 Å². The predicted molar refractivity (Wildman–Crippen MR) is 86.9 cm³/mol. The molecule has 1 unspecified atom stereocenters. The van der Waals surface area contributed by atoms with E-state index in [1.807, 2.05) is 0 Å². The second-order valence-electron chi connectivity index (χ2n) is 5.87. The van der Waals surface area contributed by atoms with Gasteiger partial charge in [0.25, 0.3) is 0 Å². The molecule has 0 radical (unpaired) electrons. The average molecular weight is 415 g/mol. The van der Waals surface area contributed by atoms with E-state index < -0.39 is 56.1 Å². The molecule has 0 bridgehead atoms. The molecule has 0 aliphatic carbocycles. The van der Waals surface area contributed by atoms with Crippen LogP contribution in [0.1, 0.15) is 25.0 Å². The molecule has 0 saturated carbocycles. The Balaban J connectivity index is 3.56. The van der Waals surface area contributed by atoms with E-state index in [2.05, 4.69) is 10.3 Å². The van der Waals surface area contributed by atoms with Gasteiger partial charge in [0.15, 0.2) is 9.84 Å². The Labute approximate surface area is 151 Å². The molecule has 0 aliphatic rings. The van der Waals surface area contributed by atoms with Crippen LogP contribution in [0.25, 0.3) is 0 Å². The lowest BCUT2D eigenvalue weighted by atomic mass is 10.1. The monoisotopic (exact) mass is 415 g/mol. The standard InChI is InChI=1S/C15H15F6N3O2S/c1-8(2)23-13(12(7-22)27(3,25)26)24-11-5-9(14(16,17)18)4-10(6-11)15(19,20)21/h4-6,8,12H,1-3H3,(H,23,24). The van der Waals surface area contributed by atoms with Gasteiger partial charge in [-0.05, 0) is 32.0 Å². The molecule has 0 aliphatic heterocycles. The van der Waals surface area contributed by atoms with Gasteiger partial charge in [-0.2, -0.15) is 31.6 Å². The van der Waals surface area contributed by atoms with Gasteiger partial charge in [0, 0.05) is 18.0 Å². The minimum absolute atomic E-state index is 0.0667. The summed E-state index contributed by atoms with van der Waals surface area (Å²) in [6, 6.07) is 1.53. The van der Waals surface area contributed by atoms with E-state index in [0.717, 1.165) is 0 Å². The van der Waals surface area contributed by atoms with Crippen molar-refractivity contribution in [2.24, 2.45) is 4.99 Å². The molecule has 0 spiro atoms. The summed E-state index contributed by atoms with van der Waals surface area (Å²) < 4.78 is 101. The zero-order valence-corrected chi connectivity index (χ0v) is 15.1. The third-order valence-electron chi connectivity index (χ3n) is 3.05. The predicted octanol–water partition coefficient (Wildman–Crippen LogP) is 3.88. The number of sulfone groups is 1. The number of nitrogens with zero attached hydrogens (tertiary/aromatic N) is 2. The number of benzene rings is 1. The van der Waals surface area contributed by atoms with Crippen LogP contribution in [0.2, 0.25) is 0 Å². The third kappa shape index (κ3) is 6.42. The summed E-state index contributed by atoms with van der Waals surface area (Å²) >= 11 is 0. The van der Waals surface area contributed by atoms with Crippen molar-refractivity contribution in [3.63, 3.8) is 0 Å². The van der Waals surface area contributed by atoms with E-state index in [0.29, 0.717) is 18.4 Å². The molecule has 1 atom stereocenters. The Bertz CT molecular complexity index is 835. The number of hydrogen-bond acceptors (Lipinski definition) is 4. The maximum atomic E-state index is 12.9. The number of nitriles is 1. The van der Waals surface area contributed by atoms with E-state index in [9.17, 15) is 34.8 Å². The molecule has 0 aromatic heterocycles. The maximum absolute atomic E-state index is 12.9. The van der Waals surface area contributed by atoms with Gasteiger partial charge < -0.3 is 5.32 Å². The lowest BCUT2D eigenvalue weighted by Crippen LogP contribution is -2.34. The van der Waals surface area contributed by atoms with E-state index in [4.69, 9.17) is 5.26 Å². The number of nitrogens with one attached hydrogen (secondary N) is 1. The number of hydrogen-bond donors (Lipinski definition) is 1. The van der Waals surface area contributed by atoms with Crippen LogP contribution in [0.15, 0.2) is 23.2 Å². The molecular formula is C15H15F6N3O2S. The zero-order chi connectivity index (χ0) is 21.2. The quantitative estimate of drug-likeness (QED) is 0.460. The highest BCUT2D eigenvalue weighted by molar-refractivity contribution is 7.92. The lowest BCUT2D eigenvalue weighted by Gasteiger charge is -2.18. The van der Waals surface area contributed by atoms with Crippen LogP contribution in [0.5, 0.6) is 0 Å². The topological polar surface area (TPSA) is 82.3 Å². The fourth-order valence-corrected chi connectivity index (χ4v) is 2.70. The summed E-state index contributed by atoms with van der Waals surface area (Å²) in [4.78, 5) is 3.83. The Morgan fingerprint density at radius 2 is 1.52 bits per heavy atom. The molecule has 0 saturated heterocycles. The fourth-order valence-electron chi connectivity index (χ4n) is 1.98. The van der Waals surface area contributed by atoms with Crippen molar-refractivity contribution in [3.05, 3.63) is 29.3 Å². The Hall–Kier alpha value is -2.29. The van der Waals surface area contributed by atoms with Crippen LogP contribution in [0.4, 0.5) is 32.0 Å². The summed E-state index contributed by atoms with van der Waals surface area (Å²) in [7, 11) is -4.06. The Kier molecular flexibility index (Phi) is 6.53. The highest BCUT2D eigenvalue weighted by Gasteiger charge is 2.37. The number of amidine groups is 1. The van der Waals surface area contributed by atoms with Gasteiger partial charge in [-0.1, -0.05) is 0 Å². The maximum Gasteiger partial charge on any atom is 0.416 e. The molecule has 1 rings (SSSR count). The van der Waals surface area contributed by atoms with Crippen molar-refractivity contribution >= 4 is 21.4 Å². The van der Waals surface area contributed by atoms with Crippen LogP contribution >= 0.6 is 0 Å². The van der Waals surface area contributed by atoms with Gasteiger partial charge in [0.05, 0.1) is 17.2 Å². The van der Waals surface area contributed by atoms with Crippen LogP contribution < -0.4 is 5.32 Å². The van der Waals surface area contributed by atoms with Gasteiger partial charge in [-0.3, -0.25) is 4.99 Å². The van der Waals surface area contributed by atoms with Crippen molar-refractivity contribution in [3.8, 4) is 6.07 Å². The van der Waals surface area contributed by atoms with Gasteiger partial charge in [0.2, 0.25) is 5.25 Å². The number of rotatable bonds is 4. The van der Waals surface area contributed by atoms with Crippen LogP contribution in [-0.4, -0.2) is 31.8 Å². The first-order valence-corrected chi connectivity index (χ1v) is 9.24. The van der Waals surface area contributed by atoms with E-state index in [1.54, 1.807) is 0 Å². The largest absolute Gasteiger partial charge is 0.416 e. The van der Waals surface area contributed by atoms with Crippen LogP contribution in [0.3, 0.4) is 0 Å². The van der Waals surface area contributed by atoms with E-state index in [-0.39, 0.29) is 6.07 Å². The van der Waals surface area contributed by atoms with Crippen molar-refractivity contribution in [2.45, 2.75) is 37.5 Å². The van der Waals surface area contributed by atoms with Crippen LogP contribution in [0, 0.1) is 11.3 Å². The van der Waals surface area contributed by atoms with Crippen molar-refractivity contribution in [1.29, 1.82) is 5.26 Å². The van der Waals surface area contributed by atoms with Crippen molar-refractivity contribution in [1.82, 2.24) is 0 Å². The Morgan fingerprint density at radius 3 is 1.81 bits per heavy atom. The summed E-state index contributed by atoms with van der Waals surface area (Å²) in [5.74, 6) is -0.567. The first kappa shape index (κ1) is 22.8. The molecule has 0 amide bonds. The molecule has 150 valence electrons. The van der Waals surface area contributed by atoms with Gasteiger partial charge in [-0.25, -0.2) is 8.42 Å². The summed E-state index contributed by atoms with van der Waals surface area (Å²) in [5, 5.41) is 9.34. The number of aliphatic imine (C=N–C) groups is 1. The third-order valence-corrected chi connectivity index (χ3v) is 4.24. The summed E-state index contributed by atoms with van der Waals surface area (Å²) in [5.41, 5.74) is -3.87. The molecule has 0 heterocycles. The summed E-state index contributed by atoms with van der Waals surface area (Å²) in [6.07, 6.45) is -9.44. The molecule has 1 N–H and O–H groups in total.